The summed E-state index contributed by atoms with van der Waals surface area (Å²) in [5.74, 6) is 1.96. The first-order chi connectivity index (χ1) is 16.4. The molecule has 1 aliphatic heterocycles. The van der Waals surface area contributed by atoms with Crippen LogP contribution in [0.25, 0.3) is 0 Å². The number of aromatic nitrogens is 2. The Morgan fingerprint density at radius 2 is 1.51 bits per heavy atom. The Kier molecular flexibility index (Phi) is 9.42. The number of nitrogens with zero attached hydrogens (tertiary/aromatic N) is 1. The van der Waals surface area contributed by atoms with Crippen LogP contribution in [0.3, 0.4) is 0 Å². The molecule has 2 heterocycles. The zero-order chi connectivity index (χ0) is 26.4. The third-order valence-electron chi connectivity index (χ3n) is 5.10. The van der Waals surface area contributed by atoms with E-state index < -0.39 is 71.5 Å². The van der Waals surface area contributed by atoms with E-state index in [0.29, 0.717) is 0 Å². The Balaban J connectivity index is 2.58. The lowest BCUT2D eigenvalue weighted by atomic mass is 10.1. The van der Waals surface area contributed by atoms with Crippen LogP contribution in [0.4, 0.5) is 0 Å². The molecule has 1 aromatic heterocycles. The average Bonchev–Trinajstić information content (AvgIpc) is 3.10. The minimum atomic E-state index is -1.30. The lowest BCUT2D eigenvalue weighted by Crippen LogP contribution is -2.44. The van der Waals surface area contributed by atoms with Crippen molar-refractivity contribution in [2.75, 3.05) is 6.61 Å². The second kappa shape index (κ2) is 11.8. The Bertz CT molecular complexity index is 1120. The van der Waals surface area contributed by atoms with Gasteiger partial charge in [-0.2, -0.15) is 0 Å². The van der Waals surface area contributed by atoms with Gasteiger partial charge in [-0.25, -0.2) is 4.79 Å². The fourth-order valence-electron chi connectivity index (χ4n) is 3.10. The molecule has 0 aliphatic carbocycles. The average molecular weight is 493 g/mol. The van der Waals surface area contributed by atoms with Crippen molar-refractivity contribution >= 4 is 17.9 Å². The maximum absolute atomic E-state index is 12.7. The molecule has 0 spiro atoms. The fraction of sp³-hybridized carbons (Fsp3) is 0.625. The lowest BCUT2D eigenvalue weighted by Gasteiger charge is -2.26. The van der Waals surface area contributed by atoms with Crippen LogP contribution in [-0.2, 0) is 33.3 Å². The van der Waals surface area contributed by atoms with Crippen LogP contribution in [0.5, 0.6) is 0 Å². The SMILES string of the molecule is CC#Cc1cn([C@@H]2O[C@H](COC(=O)C(C)C)[C@@H](OC(=O)C(C)C)[C@@H]2OC(=O)C(C)C)c(=O)[nH]c1=O. The summed E-state index contributed by atoms with van der Waals surface area (Å²) in [5.41, 5.74) is -1.56. The van der Waals surface area contributed by atoms with E-state index in [1.165, 1.54) is 13.1 Å². The Morgan fingerprint density at radius 3 is 2.03 bits per heavy atom. The van der Waals surface area contributed by atoms with Gasteiger partial charge in [-0.1, -0.05) is 47.5 Å². The van der Waals surface area contributed by atoms with Gasteiger partial charge in [0.2, 0.25) is 0 Å². The highest BCUT2D eigenvalue weighted by Gasteiger charge is 2.51. The summed E-state index contributed by atoms with van der Waals surface area (Å²) in [5, 5.41) is 0. The van der Waals surface area contributed by atoms with Crippen LogP contribution in [0.15, 0.2) is 15.8 Å². The number of hydrogen-bond donors (Lipinski definition) is 1. The molecule has 35 heavy (non-hydrogen) atoms. The Hall–Kier alpha value is -3.39. The summed E-state index contributed by atoms with van der Waals surface area (Å²) in [6.45, 7) is 11.0. The highest BCUT2D eigenvalue weighted by Crippen LogP contribution is 2.34. The van der Waals surface area contributed by atoms with Crippen molar-refractivity contribution in [3.05, 3.63) is 32.6 Å². The van der Waals surface area contributed by atoms with E-state index in [1.807, 2.05) is 0 Å². The molecule has 11 nitrogen and oxygen atoms in total. The van der Waals surface area contributed by atoms with Crippen LogP contribution in [0, 0.1) is 29.6 Å². The van der Waals surface area contributed by atoms with Crippen molar-refractivity contribution in [3.63, 3.8) is 0 Å². The fourth-order valence-corrected chi connectivity index (χ4v) is 3.10. The first kappa shape index (κ1) is 27.9. The summed E-state index contributed by atoms with van der Waals surface area (Å²) in [6, 6.07) is 0. The molecule has 0 bridgehead atoms. The minimum Gasteiger partial charge on any atom is -0.463 e. The largest absolute Gasteiger partial charge is 0.463 e. The highest BCUT2D eigenvalue weighted by molar-refractivity contribution is 5.73. The van der Waals surface area contributed by atoms with E-state index in [4.69, 9.17) is 18.9 Å². The van der Waals surface area contributed by atoms with Crippen molar-refractivity contribution in [2.24, 2.45) is 17.8 Å². The Labute approximate surface area is 203 Å². The third-order valence-corrected chi connectivity index (χ3v) is 5.10. The van der Waals surface area contributed by atoms with Gasteiger partial charge in [-0.3, -0.25) is 28.7 Å². The number of H-pyrrole nitrogens is 1. The monoisotopic (exact) mass is 492 g/mol. The van der Waals surface area contributed by atoms with Crippen LogP contribution in [0.2, 0.25) is 0 Å². The maximum atomic E-state index is 12.7. The van der Waals surface area contributed by atoms with E-state index in [0.717, 1.165) is 4.57 Å². The van der Waals surface area contributed by atoms with Crippen molar-refractivity contribution in [1.29, 1.82) is 0 Å². The van der Waals surface area contributed by atoms with Crippen molar-refractivity contribution in [2.45, 2.75) is 73.0 Å². The molecule has 1 aliphatic rings. The molecule has 0 radical (unpaired) electrons. The van der Waals surface area contributed by atoms with Crippen molar-refractivity contribution < 1.29 is 33.3 Å². The molecule has 2 rings (SSSR count). The van der Waals surface area contributed by atoms with Crippen molar-refractivity contribution in [3.8, 4) is 11.8 Å². The summed E-state index contributed by atoms with van der Waals surface area (Å²) >= 11 is 0. The quantitative estimate of drug-likeness (QED) is 0.321. The van der Waals surface area contributed by atoms with Gasteiger partial charge >= 0.3 is 23.6 Å². The van der Waals surface area contributed by atoms with Crippen molar-refractivity contribution in [1.82, 2.24) is 9.55 Å². The molecular formula is C24H32N2O9. The normalized spacial score (nSPS) is 21.5. The van der Waals surface area contributed by atoms with Gasteiger partial charge in [0.15, 0.2) is 18.4 Å². The first-order valence-corrected chi connectivity index (χ1v) is 11.4. The van der Waals surface area contributed by atoms with Gasteiger partial charge in [-0.05, 0) is 6.92 Å². The predicted molar refractivity (Wildman–Crippen MR) is 123 cm³/mol. The number of hydrogen-bond acceptors (Lipinski definition) is 9. The van der Waals surface area contributed by atoms with Gasteiger partial charge in [0, 0.05) is 6.20 Å². The van der Waals surface area contributed by atoms with Gasteiger partial charge < -0.3 is 18.9 Å². The number of esters is 3. The molecule has 0 aromatic carbocycles. The summed E-state index contributed by atoms with van der Waals surface area (Å²) in [7, 11) is 0. The predicted octanol–water partition coefficient (Wildman–Crippen LogP) is 1.14. The van der Waals surface area contributed by atoms with Crippen LogP contribution in [0.1, 0.15) is 60.3 Å². The molecular weight excluding hydrogens is 460 g/mol. The third kappa shape index (κ3) is 6.82. The number of carbonyl (C=O) groups is 3. The zero-order valence-corrected chi connectivity index (χ0v) is 20.9. The van der Waals surface area contributed by atoms with E-state index in [9.17, 15) is 24.0 Å². The number of ether oxygens (including phenoxy) is 4. The summed E-state index contributed by atoms with van der Waals surface area (Å²) in [6.07, 6.45) is -3.65. The van der Waals surface area contributed by atoms with Gasteiger partial charge in [0.1, 0.15) is 18.3 Å². The molecule has 0 unspecified atom stereocenters. The number of carbonyl (C=O) groups excluding carboxylic acids is 3. The van der Waals surface area contributed by atoms with E-state index in [-0.39, 0.29) is 12.2 Å². The first-order valence-electron chi connectivity index (χ1n) is 11.4. The highest BCUT2D eigenvalue weighted by atomic mass is 16.7. The number of nitrogens with one attached hydrogen (secondary N) is 1. The van der Waals surface area contributed by atoms with E-state index in [1.54, 1.807) is 41.5 Å². The minimum absolute atomic E-state index is 0.0185. The molecule has 1 saturated heterocycles. The molecule has 11 heteroatoms. The Morgan fingerprint density at radius 1 is 0.971 bits per heavy atom. The molecule has 0 amide bonds. The molecule has 192 valence electrons. The second-order valence-electron chi connectivity index (χ2n) is 9.05. The summed E-state index contributed by atoms with van der Waals surface area (Å²) in [4.78, 5) is 64.1. The van der Waals surface area contributed by atoms with Gasteiger partial charge in [0.25, 0.3) is 5.56 Å². The smallest absolute Gasteiger partial charge is 0.330 e. The molecule has 1 fully saturated rings. The molecule has 1 N–H and O–H groups in total. The maximum Gasteiger partial charge on any atom is 0.330 e. The zero-order valence-electron chi connectivity index (χ0n) is 20.9. The lowest BCUT2D eigenvalue weighted by molar-refractivity contribution is -0.173. The molecule has 1 aromatic rings. The topological polar surface area (TPSA) is 143 Å². The second-order valence-corrected chi connectivity index (χ2v) is 9.05. The van der Waals surface area contributed by atoms with E-state index in [2.05, 4.69) is 16.8 Å². The number of aromatic amines is 1. The van der Waals surface area contributed by atoms with Gasteiger partial charge in [-0.15, -0.1) is 5.92 Å². The molecule has 4 atom stereocenters. The van der Waals surface area contributed by atoms with Crippen LogP contribution < -0.4 is 11.2 Å². The molecule has 0 saturated carbocycles. The van der Waals surface area contributed by atoms with Gasteiger partial charge in [0.05, 0.1) is 17.8 Å². The van der Waals surface area contributed by atoms with Crippen LogP contribution >= 0.6 is 0 Å². The van der Waals surface area contributed by atoms with Crippen LogP contribution in [-0.4, -0.2) is 52.4 Å². The number of rotatable bonds is 8. The standard InChI is InChI=1S/C24H32N2O9/c1-8-9-15-10-26(24(31)25-19(15)27)20-18(35-23(30)14(6)7)17(34-22(29)13(4)5)16(33-20)11-32-21(28)12(2)3/h10,12-14,16-18,20H,11H2,1-7H3,(H,25,27,31)/t16-,17-,18+,20-/m1/s1. The van der Waals surface area contributed by atoms with E-state index >= 15 is 0 Å². The summed E-state index contributed by atoms with van der Waals surface area (Å²) < 4.78 is 23.5.